The average Bonchev–Trinajstić information content (AvgIpc) is 3.20. The fourth-order valence-electron chi connectivity index (χ4n) is 3.73. The molecule has 142 valence electrons. The van der Waals surface area contributed by atoms with Gasteiger partial charge in [-0.2, -0.15) is 0 Å². The fourth-order valence-corrected chi connectivity index (χ4v) is 3.73. The van der Waals surface area contributed by atoms with E-state index in [2.05, 4.69) is 49.4 Å². The number of benzene rings is 1. The Labute approximate surface area is 160 Å². The summed E-state index contributed by atoms with van der Waals surface area (Å²) in [4.78, 5) is 13.6. The van der Waals surface area contributed by atoms with Crippen molar-refractivity contribution in [2.45, 2.75) is 12.8 Å². The molecule has 1 aromatic heterocycles. The third-order valence-corrected chi connectivity index (χ3v) is 5.21. The molecule has 1 N–H and O–H groups in total. The maximum absolute atomic E-state index is 5.58. The highest BCUT2D eigenvalue weighted by Crippen LogP contribution is 2.25. The molecule has 0 radical (unpaired) electrons. The van der Waals surface area contributed by atoms with Crippen LogP contribution in [0, 0.1) is 0 Å². The van der Waals surface area contributed by atoms with Gasteiger partial charge in [0.05, 0.1) is 6.61 Å². The summed E-state index contributed by atoms with van der Waals surface area (Å²) in [6.45, 7) is 5.52. The van der Waals surface area contributed by atoms with Gasteiger partial charge in [-0.3, -0.25) is 4.99 Å². The first kappa shape index (κ1) is 17.6. The van der Waals surface area contributed by atoms with Crippen molar-refractivity contribution in [3.05, 3.63) is 53.7 Å². The number of hydrogen-bond donors (Lipinski definition) is 1. The highest BCUT2D eigenvalue weighted by Gasteiger charge is 2.20. The summed E-state index contributed by atoms with van der Waals surface area (Å²) in [7, 11) is 1.86. The number of rotatable bonds is 4. The van der Waals surface area contributed by atoms with Gasteiger partial charge in [0.2, 0.25) is 0 Å². The molecule has 1 saturated heterocycles. The number of pyridine rings is 1. The van der Waals surface area contributed by atoms with Crippen LogP contribution in [0.15, 0.2) is 47.6 Å². The number of aliphatic imine (C=N–C) groups is 1. The maximum Gasteiger partial charge on any atom is 0.193 e. The quantitative estimate of drug-likeness (QED) is 0.663. The second-order valence-corrected chi connectivity index (χ2v) is 6.93. The lowest BCUT2D eigenvalue weighted by molar-refractivity contribution is 0.357. The molecule has 3 heterocycles. The number of hydrogen-bond acceptors (Lipinski definition) is 4. The van der Waals surface area contributed by atoms with Gasteiger partial charge < -0.3 is 19.9 Å². The second-order valence-electron chi connectivity index (χ2n) is 6.93. The van der Waals surface area contributed by atoms with E-state index in [1.807, 2.05) is 25.4 Å². The number of fused-ring (bicyclic) bond motifs is 1. The van der Waals surface area contributed by atoms with E-state index in [1.54, 1.807) is 0 Å². The van der Waals surface area contributed by atoms with Crippen molar-refractivity contribution in [1.82, 2.24) is 15.2 Å². The van der Waals surface area contributed by atoms with Crippen molar-refractivity contribution in [2.75, 3.05) is 51.3 Å². The highest BCUT2D eigenvalue weighted by molar-refractivity contribution is 5.80. The van der Waals surface area contributed by atoms with Gasteiger partial charge in [0, 0.05) is 52.4 Å². The summed E-state index contributed by atoms with van der Waals surface area (Å²) < 4.78 is 5.58. The maximum atomic E-state index is 5.58. The van der Waals surface area contributed by atoms with Crippen molar-refractivity contribution >= 4 is 11.8 Å². The van der Waals surface area contributed by atoms with Crippen molar-refractivity contribution in [3.63, 3.8) is 0 Å². The van der Waals surface area contributed by atoms with Gasteiger partial charge in [-0.05, 0) is 35.7 Å². The zero-order valence-electron chi connectivity index (χ0n) is 15.9. The van der Waals surface area contributed by atoms with Crippen LogP contribution in [-0.2, 0) is 12.8 Å². The second kappa shape index (κ2) is 8.29. The molecule has 6 nitrogen and oxygen atoms in total. The molecule has 0 saturated carbocycles. The smallest absolute Gasteiger partial charge is 0.193 e. The molecule has 1 fully saturated rings. The van der Waals surface area contributed by atoms with Gasteiger partial charge in [0.25, 0.3) is 0 Å². The lowest BCUT2D eigenvalue weighted by Crippen LogP contribution is -2.53. The lowest BCUT2D eigenvalue weighted by Gasteiger charge is -2.37. The first-order chi connectivity index (χ1) is 13.3. The summed E-state index contributed by atoms with van der Waals surface area (Å²) in [5, 5.41) is 3.52. The van der Waals surface area contributed by atoms with Crippen LogP contribution in [0.1, 0.15) is 11.1 Å². The van der Waals surface area contributed by atoms with E-state index < -0.39 is 0 Å². The van der Waals surface area contributed by atoms with Crippen LogP contribution in [0.5, 0.6) is 5.75 Å². The SMILES string of the molecule is CN=C(NCCc1ccc2c(c1)CCO2)N1CCN(c2ccccn2)CC1. The molecule has 0 spiro atoms. The van der Waals surface area contributed by atoms with E-state index in [0.717, 1.165) is 69.7 Å². The predicted octanol–water partition coefficient (Wildman–Crippen LogP) is 1.96. The van der Waals surface area contributed by atoms with E-state index in [4.69, 9.17) is 4.74 Å². The van der Waals surface area contributed by atoms with Crippen molar-refractivity contribution < 1.29 is 4.74 Å². The number of nitrogens with zero attached hydrogens (tertiary/aromatic N) is 4. The van der Waals surface area contributed by atoms with E-state index in [1.165, 1.54) is 11.1 Å². The van der Waals surface area contributed by atoms with Crippen LogP contribution in [0.4, 0.5) is 5.82 Å². The van der Waals surface area contributed by atoms with Gasteiger partial charge >= 0.3 is 0 Å². The molecule has 0 amide bonds. The third-order valence-electron chi connectivity index (χ3n) is 5.21. The Morgan fingerprint density at radius 3 is 2.85 bits per heavy atom. The third kappa shape index (κ3) is 4.15. The molecule has 0 bridgehead atoms. The molecule has 4 rings (SSSR count). The number of guanidine groups is 1. The largest absolute Gasteiger partial charge is 0.493 e. The number of anilines is 1. The minimum Gasteiger partial charge on any atom is -0.493 e. The van der Waals surface area contributed by atoms with Crippen LogP contribution in [0.2, 0.25) is 0 Å². The zero-order chi connectivity index (χ0) is 18.5. The average molecular weight is 365 g/mol. The molecular formula is C21H27N5O. The van der Waals surface area contributed by atoms with Crippen LogP contribution in [0.3, 0.4) is 0 Å². The van der Waals surface area contributed by atoms with E-state index in [-0.39, 0.29) is 0 Å². The molecule has 0 atom stereocenters. The Balaban J connectivity index is 1.26. The summed E-state index contributed by atoms with van der Waals surface area (Å²) in [6, 6.07) is 12.6. The first-order valence-electron chi connectivity index (χ1n) is 9.69. The summed E-state index contributed by atoms with van der Waals surface area (Å²) in [6.07, 6.45) is 3.87. The summed E-state index contributed by atoms with van der Waals surface area (Å²) in [5.41, 5.74) is 2.68. The Morgan fingerprint density at radius 2 is 2.07 bits per heavy atom. The van der Waals surface area contributed by atoms with Gasteiger partial charge in [-0.15, -0.1) is 0 Å². The number of piperazine rings is 1. The van der Waals surface area contributed by atoms with Crippen molar-refractivity contribution in [1.29, 1.82) is 0 Å². The number of ether oxygens (including phenoxy) is 1. The van der Waals surface area contributed by atoms with E-state index in [0.29, 0.717) is 0 Å². The highest BCUT2D eigenvalue weighted by atomic mass is 16.5. The standard InChI is InChI=1S/C21H27N5O/c1-22-21(24-10-7-17-5-6-19-18(16-17)8-15-27-19)26-13-11-25(12-14-26)20-4-2-3-9-23-20/h2-6,9,16H,7-8,10-15H2,1H3,(H,22,24). The molecule has 2 aliphatic rings. The van der Waals surface area contributed by atoms with Gasteiger partial charge in [0.15, 0.2) is 5.96 Å². The van der Waals surface area contributed by atoms with E-state index >= 15 is 0 Å². The van der Waals surface area contributed by atoms with Crippen molar-refractivity contribution in [3.8, 4) is 5.75 Å². The monoisotopic (exact) mass is 365 g/mol. The van der Waals surface area contributed by atoms with Gasteiger partial charge in [-0.1, -0.05) is 18.2 Å². The van der Waals surface area contributed by atoms with Crippen LogP contribution in [-0.4, -0.2) is 62.2 Å². The van der Waals surface area contributed by atoms with Crippen LogP contribution >= 0.6 is 0 Å². The molecule has 2 aliphatic heterocycles. The predicted molar refractivity (Wildman–Crippen MR) is 109 cm³/mol. The lowest BCUT2D eigenvalue weighted by atomic mass is 10.1. The fraction of sp³-hybridized carbons (Fsp3) is 0.429. The zero-order valence-corrected chi connectivity index (χ0v) is 15.9. The Kier molecular flexibility index (Phi) is 5.42. The van der Waals surface area contributed by atoms with E-state index in [9.17, 15) is 0 Å². The van der Waals surface area contributed by atoms with Crippen LogP contribution in [0.25, 0.3) is 0 Å². The molecule has 2 aromatic rings. The summed E-state index contributed by atoms with van der Waals surface area (Å²) >= 11 is 0. The minimum absolute atomic E-state index is 0.814. The normalized spacial score (nSPS) is 16.9. The van der Waals surface area contributed by atoms with Gasteiger partial charge in [0.1, 0.15) is 11.6 Å². The topological polar surface area (TPSA) is 53.0 Å². The number of nitrogens with one attached hydrogen (secondary N) is 1. The molecule has 0 unspecified atom stereocenters. The number of aromatic nitrogens is 1. The Bertz CT molecular complexity index is 784. The molecular weight excluding hydrogens is 338 g/mol. The molecule has 1 aromatic carbocycles. The Morgan fingerprint density at radius 1 is 1.19 bits per heavy atom. The Hall–Kier alpha value is -2.76. The van der Waals surface area contributed by atoms with Crippen molar-refractivity contribution in [2.24, 2.45) is 4.99 Å². The summed E-state index contributed by atoms with van der Waals surface area (Å²) in [5.74, 6) is 3.09. The molecule has 6 heteroatoms. The first-order valence-corrected chi connectivity index (χ1v) is 9.69. The minimum atomic E-state index is 0.814. The van der Waals surface area contributed by atoms with Crippen LogP contribution < -0.4 is 15.0 Å². The van der Waals surface area contributed by atoms with Gasteiger partial charge in [-0.25, -0.2) is 4.98 Å². The molecule has 0 aliphatic carbocycles. The molecule has 27 heavy (non-hydrogen) atoms.